The molecule has 3 heterocycles. The molecule has 0 spiro atoms. The normalized spacial score (nSPS) is 27.0. The van der Waals surface area contributed by atoms with Crippen molar-refractivity contribution >= 4 is 5.91 Å². The lowest BCUT2D eigenvalue weighted by Crippen LogP contribution is -2.66. The molecule has 19 heteroatoms. The van der Waals surface area contributed by atoms with Crippen LogP contribution in [-0.4, -0.2) is 193 Å². The molecule has 582 valence electrons. The zero-order chi connectivity index (χ0) is 73.9. The monoisotopic (exact) mass is 1440 g/mol. The van der Waals surface area contributed by atoms with E-state index in [-0.39, 0.29) is 12.3 Å². The van der Waals surface area contributed by atoms with Gasteiger partial charge < -0.3 is 89.9 Å². The fraction of sp³-hybridized carbons (Fsp3) is 0.699. The van der Waals surface area contributed by atoms with Crippen molar-refractivity contribution in [2.24, 2.45) is 0 Å². The molecule has 17 unspecified atom stereocenters. The number of hydrogen-bond acceptors (Lipinski definition) is 18. The number of rotatable bonds is 59. The van der Waals surface area contributed by atoms with E-state index in [1.54, 1.807) is 6.08 Å². The lowest BCUT2D eigenvalue weighted by molar-refractivity contribution is -0.379. The molecule has 0 aromatic rings. The molecule has 3 saturated heterocycles. The molecule has 0 aromatic heterocycles. The number of hydrogen-bond donors (Lipinski definition) is 12. The molecule has 3 rings (SSSR count). The number of allylic oxidation sites excluding steroid dienone is 23. The summed E-state index contributed by atoms with van der Waals surface area (Å²) in [7, 11) is 0. The Bertz CT molecular complexity index is 2410. The fourth-order valence-corrected chi connectivity index (χ4v) is 12.1. The van der Waals surface area contributed by atoms with Crippen LogP contribution in [0.3, 0.4) is 0 Å². The van der Waals surface area contributed by atoms with Crippen molar-refractivity contribution in [3.8, 4) is 0 Å². The standard InChI is InChI=1S/C83H137NO18/c1-3-5-7-9-11-13-15-17-19-21-23-25-27-29-31-32-33-34-35-37-39-41-43-45-47-49-51-53-55-57-59-61-71(89)84-66(67(88)60-58-56-54-52-50-48-46-44-42-40-38-36-30-28-26-24-22-20-18-16-14-12-10-8-6-4-2)65-97-81-77(95)74(92)79(69(63-86)99-81)102-83-78(96)75(93)80(70(64-87)100-83)101-82-76(94)73(91)72(90)68(62-85)98-82/h5,7,11,13,17,19,23,25,29,31,33-34,37,39,42-45,49-52,58,60,66-70,72-83,85-88,90-96H,3-4,6,8-10,12,14-16,18,20-22,24,26-28,30,32,35-36,38,40-41,46-48,53-57,59,61-65H2,1-2H3,(H,84,89)/b7-5-,13-11-,19-17-,25-23-,31-29-,34-33-,39-37-,44-42+,45-43-,51-49-,52-50+,60-58+. The van der Waals surface area contributed by atoms with Gasteiger partial charge in [0.1, 0.15) is 73.2 Å². The Hall–Kier alpha value is -4.33. The number of aliphatic hydroxyl groups excluding tert-OH is 11. The van der Waals surface area contributed by atoms with Gasteiger partial charge in [0.15, 0.2) is 18.9 Å². The van der Waals surface area contributed by atoms with Gasteiger partial charge in [0.2, 0.25) is 5.91 Å². The Kier molecular flexibility index (Phi) is 55.7. The van der Waals surface area contributed by atoms with Gasteiger partial charge in [-0.3, -0.25) is 4.79 Å². The van der Waals surface area contributed by atoms with Crippen molar-refractivity contribution < 1.29 is 89.4 Å². The van der Waals surface area contributed by atoms with Gasteiger partial charge in [-0.25, -0.2) is 0 Å². The van der Waals surface area contributed by atoms with Crippen LogP contribution >= 0.6 is 0 Å². The summed E-state index contributed by atoms with van der Waals surface area (Å²) in [5.74, 6) is -0.327. The van der Waals surface area contributed by atoms with Gasteiger partial charge in [0.25, 0.3) is 0 Å². The van der Waals surface area contributed by atoms with Gasteiger partial charge in [-0.15, -0.1) is 0 Å². The summed E-state index contributed by atoms with van der Waals surface area (Å²) in [5, 5.41) is 121. The molecule has 102 heavy (non-hydrogen) atoms. The largest absolute Gasteiger partial charge is 0.394 e. The number of unbranched alkanes of at least 4 members (excludes halogenated alkanes) is 21. The first-order valence-electron chi connectivity index (χ1n) is 39.1. The van der Waals surface area contributed by atoms with Gasteiger partial charge >= 0.3 is 0 Å². The van der Waals surface area contributed by atoms with E-state index in [0.717, 1.165) is 103 Å². The maximum atomic E-state index is 13.4. The van der Waals surface area contributed by atoms with E-state index in [4.69, 9.17) is 28.4 Å². The number of carbonyl (C=O) groups excluding carboxylic acids is 1. The Labute approximate surface area is 613 Å². The third-order valence-electron chi connectivity index (χ3n) is 18.3. The average molecular weight is 1440 g/mol. The van der Waals surface area contributed by atoms with E-state index in [1.807, 2.05) is 6.08 Å². The molecule has 1 amide bonds. The van der Waals surface area contributed by atoms with Crippen LogP contribution in [0.15, 0.2) is 146 Å². The predicted molar refractivity (Wildman–Crippen MR) is 406 cm³/mol. The van der Waals surface area contributed by atoms with Crippen LogP contribution < -0.4 is 5.32 Å². The fourth-order valence-electron chi connectivity index (χ4n) is 12.1. The first kappa shape index (κ1) is 91.9. The van der Waals surface area contributed by atoms with Crippen molar-refractivity contribution in [1.82, 2.24) is 5.32 Å². The Morgan fingerprint density at radius 2 is 0.686 bits per heavy atom. The van der Waals surface area contributed by atoms with Crippen LogP contribution in [0.1, 0.15) is 239 Å². The highest BCUT2D eigenvalue weighted by Gasteiger charge is 2.53. The van der Waals surface area contributed by atoms with Crippen LogP contribution in [0.25, 0.3) is 0 Å². The molecule has 0 aromatic carbocycles. The molecule has 0 aliphatic carbocycles. The molecule has 17 atom stereocenters. The van der Waals surface area contributed by atoms with E-state index < -0.39 is 131 Å². The summed E-state index contributed by atoms with van der Waals surface area (Å²) >= 11 is 0. The van der Waals surface area contributed by atoms with Crippen molar-refractivity contribution in [2.75, 3.05) is 26.4 Å². The van der Waals surface area contributed by atoms with Crippen LogP contribution in [0.4, 0.5) is 0 Å². The first-order valence-corrected chi connectivity index (χ1v) is 39.1. The second-order valence-electron chi connectivity index (χ2n) is 27.1. The molecule has 19 nitrogen and oxygen atoms in total. The lowest BCUT2D eigenvalue weighted by Gasteiger charge is -2.48. The van der Waals surface area contributed by atoms with E-state index in [1.165, 1.54) is 103 Å². The van der Waals surface area contributed by atoms with Gasteiger partial charge in [0, 0.05) is 6.42 Å². The van der Waals surface area contributed by atoms with E-state index in [2.05, 4.69) is 153 Å². The summed E-state index contributed by atoms with van der Waals surface area (Å²) in [4.78, 5) is 13.4. The molecule has 3 aliphatic rings. The van der Waals surface area contributed by atoms with Gasteiger partial charge in [-0.05, 0) is 116 Å². The maximum absolute atomic E-state index is 13.4. The molecular formula is C83H137NO18. The topological polar surface area (TPSA) is 307 Å². The Morgan fingerprint density at radius 1 is 0.363 bits per heavy atom. The highest BCUT2D eigenvalue weighted by molar-refractivity contribution is 5.76. The first-order chi connectivity index (χ1) is 49.8. The third-order valence-corrected chi connectivity index (χ3v) is 18.3. The summed E-state index contributed by atoms with van der Waals surface area (Å²) in [5.41, 5.74) is 0. The van der Waals surface area contributed by atoms with Crippen LogP contribution in [0, 0.1) is 0 Å². The highest BCUT2D eigenvalue weighted by Crippen LogP contribution is 2.33. The van der Waals surface area contributed by atoms with E-state index in [9.17, 15) is 61.0 Å². The minimum Gasteiger partial charge on any atom is -0.394 e. The van der Waals surface area contributed by atoms with Crippen molar-refractivity contribution in [1.29, 1.82) is 0 Å². The zero-order valence-electron chi connectivity index (χ0n) is 62.0. The summed E-state index contributed by atoms with van der Waals surface area (Å²) in [6, 6.07) is -1.03. The van der Waals surface area contributed by atoms with Gasteiger partial charge in [0.05, 0.1) is 38.6 Å². The SMILES string of the molecule is CC/C=C\C/C=C\C/C=C\C/C=C\C/C=C\C/C=C\C/C=C\C/C=C\C/C=C\CCCCCC(=O)NC(COC1OC(CO)C(OC2OC(CO)C(OC3OC(CO)C(O)C(O)C3O)C(O)C2O)C(O)C1O)C(O)/C=C/CC/C=C/CC/C=C/CCCCCCCCCCCCCCCCCC. The smallest absolute Gasteiger partial charge is 0.220 e. The maximum Gasteiger partial charge on any atom is 0.220 e. The molecule has 0 bridgehead atoms. The summed E-state index contributed by atoms with van der Waals surface area (Å²) in [6.45, 7) is 1.57. The number of carbonyl (C=O) groups is 1. The number of ether oxygens (including phenoxy) is 6. The van der Waals surface area contributed by atoms with E-state index >= 15 is 0 Å². The second kappa shape index (κ2) is 61.8. The molecule has 0 saturated carbocycles. The number of amides is 1. The predicted octanol–water partition coefficient (Wildman–Crippen LogP) is 12.7. The van der Waals surface area contributed by atoms with Crippen LogP contribution in [0.5, 0.6) is 0 Å². The Balaban J connectivity index is 1.44. The number of aliphatic hydroxyl groups is 11. The summed E-state index contributed by atoms with van der Waals surface area (Å²) in [6.07, 6.45) is 62.5. The van der Waals surface area contributed by atoms with Gasteiger partial charge in [-0.2, -0.15) is 0 Å². The van der Waals surface area contributed by atoms with Crippen LogP contribution in [-0.2, 0) is 33.2 Å². The van der Waals surface area contributed by atoms with Crippen molar-refractivity contribution in [3.05, 3.63) is 146 Å². The average Bonchev–Trinajstić information content (AvgIpc) is 0.781. The molecule has 3 fully saturated rings. The molecule has 12 N–H and O–H groups in total. The lowest BCUT2D eigenvalue weighted by atomic mass is 9.96. The van der Waals surface area contributed by atoms with Gasteiger partial charge in [-0.1, -0.05) is 262 Å². The van der Waals surface area contributed by atoms with E-state index in [0.29, 0.717) is 12.8 Å². The minimum absolute atomic E-state index is 0.181. The minimum atomic E-state index is -1.99. The molecule has 3 aliphatic heterocycles. The third kappa shape index (κ3) is 41.5. The van der Waals surface area contributed by atoms with Crippen molar-refractivity contribution in [2.45, 2.75) is 343 Å². The molecule has 0 radical (unpaired) electrons. The zero-order valence-corrected chi connectivity index (χ0v) is 62.0. The molecular weight excluding hydrogens is 1300 g/mol. The van der Waals surface area contributed by atoms with Crippen molar-refractivity contribution in [3.63, 3.8) is 0 Å². The Morgan fingerprint density at radius 3 is 1.10 bits per heavy atom. The summed E-state index contributed by atoms with van der Waals surface area (Å²) < 4.78 is 34.4. The van der Waals surface area contributed by atoms with Crippen LogP contribution in [0.2, 0.25) is 0 Å². The number of nitrogens with one attached hydrogen (secondary N) is 1. The second-order valence-corrected chi connectivity index (χ2v) is 27.1. The quantitative estimate of drug-likeness (QED) is 0.0199. The highest BCUT2D eigenvalue weighted by atomic mass is 16.8.